The van der Waals surface area contributed by atoms with Crippen molar-refractivity contribution in [3.63, 3.8) is 0 Å². The first-order valence-corrected chi connectivity index (χ1v) is 21.3. The predicted octanol–water partition coefficient (Wildman–Crippen LogP) is 4.86. The van der Waals surface area contributed by atoms with Gasteiger partial charge in [-0.1, -0.05) is 51.8 Å². The van der Waals surface area contributed by atoms with Crippen LogP contribution in [0.4, 0.5) is 0 Å². The largest absolute Gasteiger partial charge is 0.456 e. The molecule has 0 aromatic heterocycles. The number of methoxy groups -OCH3 is 3. The van der Waals surface area contributed by atoms with Gasteiger partial charge in [-0.15, -0.1) is 0 Å². The first-order valence-electron chi connectivity index (χ1n) is 21.3. The number of rotatable bonds is 7. The monoisotopic (exact) mass is 805 g/mol. The highest BCUT2D eigenvalue weighted by molar-refractivity contribution is 6.39. The van der Waals surface area contributed by atoms with Crippen molar-refractivity contribution in [2.45, 2.75) is 173 Å². The molecule has 57 heavy (non-hydrogen) atoms. The molecule has 13 nitrogen and oxygen atoms in total. The van der Waals surface area contributed by atoms with E-state index in [-0.39, 0.29) is 49.5 Å². The number of aliphatic hydroxyl groups is 3. The van der Waals surface area contributed by atoms with Gasteiger partial charge in [-0.05, 0) is 95.5 Å². The van der Waals surface area contributed by atoms with Crippen molar-refractivity contribution >= 4 is 23.4 Å². The number of hydrogen-bond donors (Lipinski definition) is 3. The van der Waals surface area contributed by atoms with Crippen LogP contribution in [0.5, 0.6) is 0 Å². The lowest BCUT2D eigenvalue weighted by atomic mass is 9.81. The van der Waals surface area contributed by atoms with Crippen LogP contribution < -0.4 is 0 Å². The third-order valence-electron chi connectivity index (χ3n) is 13.1. The van der Waals surface area contributed by atoms with Gasteiger partial charge in [-0.3, -0.25) is 14.4 Å². The number of carbonyl (C=O) groups is 4. The fourth-order valence-corrected chi connectivity index (χ4v) is 9.60. The zero-order valence-corrected chi connectivity index (χ0v) is 35.8. The van der Waals surface area contributed by atoms with E-state index < -0.39 is 83.9 Å². The van der Waals surface area contributed by atoms with Gasteiger partial charge in [0, 0.05) is 52.0 Å². The van der Waals surface area contributed by atoms with Crippen LogP contribution in [0.1, 0.15) is 119 Å². The second-order valence-corrected chi connectivity index (χ2v) is 17.5. The highest BCUT2D eigenvalue weighted by Crippen LogP contribution is 2.39. The molecule has 3 aliphatic heterocycles. The van der Waals surface area contributed by atoms with Crippen LogP contribution in [0.2, 0.25) is 0 Å². The molecule has 3 heterocycles. The van der Waals surface area contributed by atoms with Gasteiger partial charge in [0.2, 0.25) is 5.79 Å². The SMILES string of the molecule is CCC[C@@H]1/C=C(\C)C[C@H](C)C[C@H](OC)C2O[C@@](O)(C(=O)C(=O)N3CCCCC3C(=O)O[C@H](/C(C)=C\C3CC[C@@H](O)[C@H](OC)C3)[C@H](C)[C@@H](O)CC1=O)[C@H](C)CC2OC. The summed E-state index contributed by atoms with van der Waals surface area (Å²) in [6, 6.07) is -1.13. The van der Waals surface area contributed by atoms with Crippen molar-refractivity contribution in [1.29, 1.82) is 0 Å². The van der Waals surface area contributed by atoms with Gasteiger partial charge in [0.1, 0.15) is 24.0 Å². The summed E-state index contributed by atoms with van der Waals surface area (Å²) in [6.45, 7) is 11.4. The van der Waals surface area contributed by atoms with Gasteiger partial charge in [0.25, 0.3) is 11.7 Å². The number of ether oxygens (including phenoxy) is 5. The number of cyclic esters (lactones) is 1. The molecule has 2 bridgehead atoms. The molecule has 4 unspecified atom stereocenters. The Hall–Kier alpha value is -2.52. The van der Waals surface area contributed by atoms with Gasteiger partial charge in [-0.2, -0.15) is 0 Å². The molecular formula is C44H71NO12. The lowest BCUT2D eigenvalue weighted by Crippen LogP contribution is -2.64. The zero-order chi connectivity index (χ0) is 42.2. The standard InChI is InChI=1S/C44H71NO12/c1-10-13-31-19-25(2)18-26(3)20-37(54-8)40-38(55-9)22-28(5)44(52,57-40)41(49)42(50)45-17-12-11-14-32(45)43(51)56-39(29(6)34(47)24-35(31)48)27(4)21-30-15-16-33(46)36(23-30)53-7/h19,21,26,28-34,36-40,46-47,52H,10-18,20,22-24H2,1-9H3/b25-19+,27-21-/t26-,28+,29+,30?,31+,32?,33+,34-,36+,37-,38?,39+,40?,44+/m0/s1. The van der Waals surface area contributed by atoms with E-state index in [1.54, 1.807) is 21.0 Å². The molecule has 3 fully saturated rings. The average Bonchev–Trinajstić information content (AvgIpc) is 3.18. The molecule has 2 saturated heterocycles. The van der Waals surface area contributed by atoms with E-state index >= 15 is 0 Å². The van der Waals surface area contributed by atoms with Crippen LogP contribution >= 0.6 is 0 Å². The van der Waals surface area contributed by atoms with Crippen LogP contribution in [0.25, 0.3) is 0 Å². The highest BCUT2D eigenvalue weighted by atomic mass is 16.7. The Labute approximate surface area is 339 Å². The Kier molecular flexibility index (Phi) is 17.5. The number of esters is 1. The third-order valence-corrected chi connectivity index (χ3v) is 13.1. The van der Waals surface area contributed by atoms with Crippen molar-refractivity contribution in [1.82, 2.24) is 4.90 Å². The minimum atomic E-state index is -2.50. The minimum Gasteiger partial charge on any atom is -0.456 e. The second-order valence-electron chi connectivity index (χ2n) is 17.5. The number of Topliss-reactive ketones (excluding diaryl/α,β-unsaturated/α-hetero) is 2. The number of nitrogens with zero attached hydrogens (tertiary/aromatic N) is 1. The van der Waals surface area contributed by atoms with Crippen LogP contribution in [-0.2, 0) is 42.9 Å². The maximum absolute atomic E-state index is 14.3. The number of ketones is 2. The van der Waals surface area contributed by atoms with Crippen LogP contribution in [0.15, 0.2) is 23.3 Å². The predicted molar refractivity (Wildman–Crippen MR) is 213 cm³/mol. The highest BCUT2D eigenvalue weighted by Gasteiger charge is 2.56. The molecule has 14 atom stereocenters. The van der Waals surface area contributed by atoms with E-state index in [9.17, 15) is 34.5 Å². The Morgan fingerprint density at radius 3 is 2.23 bits per heavy atom. The smallest absolute Gasteiger partial charge is 0.329 e. The lowest BCUT2D eigenvalue weighted by Gasteiger charge is -2.47. The molecular weight excluding hydrogens is 734 g/mol. The molecule has 324 valence electrons. The van der Waals surface area contributed by atoms with Crippen molar-refractivity contribution in [3.8, 4) is 0 Å². The first-order chi connectivity index (χ1) is 27.0. The van der Waals surface area contributed by atoms with Crippen molar-refractivity contribution in [3.05, 3.63) is 23.3 Å². The molecule has 1 saturated carbocycles. The number of carbonyl (C=O) groups excluding carboxylic acids is 4. The Bertz CT molecular complexity index is 1450. The molecule has 0 radical (unpaired) electrons. The number of fused-ring (bicyclic) bond motifs is 3. The maximum atomic E-state index is 14.3. The number of aliphatic hydroxyl groups excluding tert-OH is 2. The van der Waals surface area contributed by atoms with E-state index in [1.807, 2.05) is 32.9 Å². The Morgan fingerprint density at radius 1 is 0.912 bits per heavy atom. The summed E-state index contributed by atoms with van der Waals surface area (Å²) in [5, 5.41) is 34.2. The van der Waals surface area contributed by atoms with E-state index in [0.29, 0.717) is 56.9 Å². The van der Waals surface area contributed by atoms with Crippen molar-refractivity contribution in [2.75, 3.05) is 27.9 Å². The topological polar surface area (TPSA) is 178 Å². The average molecular weight is 806 g/mol. The van der Waals surface area contributed by atoms with Crippen LogP contribution in [0, 0.1) is 29.6 Å². The Balaban J connectivity index is 1.77. The molecule has 1 aliphatic carbocycles. The van der Waals surface area contributed by atoms with E-state index in [2.05, 4.69) is 6.92 Å². The number of piperidine rings is 1. The fourth-order valence-electron chi connectivity index (χ4n) is 9.60. The van der Waals surface area contributed by atoms with E-state index in [0.717, 1.165) is 12.0 Å². The van der Waals surface area contributed by atoms with Gasteiger partial charge >= 0.3 is 5.97 Å². The molecule has 0 aromatic carbocycles. The zero-order valence-electron chi connectivity index (χ0n) is 35.8. The van der Waals surface area contributed by atoms with Gasteiger partial charge < -0.3 is 43.9 Å². The summed E-state index contributed by atoms with van der Waals surface area (Å²) in [4.78, 5) is 57.9. The molecule has 4 aliphatic rings. The number of allylic oxidation sites excluding steroid dienone is 3. The third kappa shape index (κ3) is 11.4. The maximum Gasteiger partial charge on any atom is 0.329 e. The van der Waals surface area contributed by atoms with Crippen molar-refractivity contribution < 1.29 is 58.2 Å². The molecule has 13 heteroatoms. The summed E-state index contributed by atoms with van der Waals surface area (Å²) in [7, 11) is 4.64. The minimum absolute atomic E-state index is 0.000416. The summed E-state index contributed by atoms with van der Waals surface area (Å²) in [6.07, 6.45) is 4.60. The van der Waals surface area contributed by atoms with E-state index in [1.165, 1.54) is 19.1 Å². The second kappa shape index (κ2) is 21.1. The Morgan fingerprint density at radius 2 is 1.58 bits per heavy atom. The molecule has 1 amide bonds. The summed E-state index contributed by atoms with van der Waals surface area (Å²) in [5.41, 5.74) is 1.67. The summed E-state index contributed by atoms with van der Waals surface area (Å²) in [5.74, 6) is -7.46. The quantitative estimate of drug-likeness (QED) is 0.181. The molecule has 0 spiro atoms. The molecule has 4 rings (SSSR count). The van der Waals surface area contributed by atoms with E-state index in [4.69, 9.17) is 23.7 Å². The van der Waals surface area contributed by atoms with Gasteiger partial charge in [-0.25, -0.2) is 4.79 Å². The van der Waals surface area contributed by atoms with Crippen LogP contribution in [-0.4, -0.2) is 126 Å². The molecule has 0 aromatic rings. The summed E-state index contributed by atoms with van der Waals surface area (Å²) >= 11 is 0. The van der Waals surface area contributed by atoms with Crippen molar-refractivity contribution in [2.24, 2.45) is 29.6 Å². The van der Waals surface area contributed by atoms with Gasteiger partial charge in [0.15, 0.2) is 0 Å². The molecule has 3 N–H and O–H groups in total. The normalized spacial score (nSPS) is 41.1. The lowest BCUT2D eigenvalue weighted by molar-refractivity contribution is -0.302. The first kappa shape index (κ1) is 47.2. The van der Waals surface area contributed by atoms with Gasteiger partial charge in [0.05, 0.1) is 30.5 Å². The van der Waals surface area contributed by atoms with Crippen LogP contribution in [0.3, 0.4) is 0 Å². The number of hydrogen-bond acceptors (Lipinski definition) is 12. The summed E-state index contributed by atoms with van der Waals surface area (Å²) < 4.78 is 29.8. The fraction of sp³-hybridized carbons (Fsp3) is 0.818. The number of amides is 1.